The molecule has 2 nitrogen and oxygen atoms in total. The molecule has 0 aliphatic heterocycles. The van der Waals surface area contributed by atoms with Crippen LogP contribution in [0.2, 0.25) is 0 Å². The number of rotatable bonds is 5. The monoisotopic (exact) mass is 251 g/mol. The molecule has 0 aromatic heterocycles. The molecule has 0 spiro atoms. The minimum Gasteiger partial charge on any atom is -0.496 e. The van der Waals surface area contributed by atoms with E-state index in [0.29, 0.717) is 0 Å². The van der Waals surface area contributed by atoms with Crippen LogP contribution in [0.1, 0.15) is 31.2 Å². The molecule has 1 aromatic rings. The fourth-order valence-electron chi connectivity index (χ4n) is 2.39. The minimum absolute atomic E-state index is 0.770. The summed E-state index contributed by atoms with van der Waals surface area (Å²) in [4.78, 5) is 0. The Bertz CT molecular complexity index is 361. The number of nitrogen functional groups attached to an aromatic ring is 1. The maximum atomic E-state index is 5.74. The molecule has 17 heavy (non-hydrogen) atoms. The Morgan fingerprint density at radius 2 is 2.12 bits per heavy atom. The maximum Gasteiger partial charge on any atom is 0.124 e. The third kappa shape index (κ3) is 3.56. The second kappa shape index (κ2) is 6.20. The van der Waals surface area contributed by atoms with Crippen molar-refractivity contribution in [3.05, 3.63) is 23.8 Å². The smallest absolute Gasteiger partial charge is 0.124 e. The van der Waals surface area contributed by atoms with Crippen LogP contribution < -0.4 is 10.5 Å². The van der Waals surface area contributed by atoms with Crippen LogP contribution in [0.15, 0.2) is 18.2 Å². The van der Waals surface area contributed by atoms with Gasteiger partial charge in [-0.25, -0.2) is 0 Å². The molecule has 0 amide bonds. The summed E-state index contributed by atoms with van der Waals surface area (Å²) in [5, 5.41) is 0. The van der Waals surface area contributed by atoms with E-state index in [1.165, 1.54) is 37.0 Å². The Morgan fingerprint density at radius 1 is 1.35 bits per heavy atom. The van der Waals surface area contributed by atoms with Gasteiger partial charge in [0, 0.05) is 23.1 Å². The first-order valence-corrected chi connectivity index (χ1v) is 7.45. The van der Waals surface area contributed by atoms with Crippen molar-refractivity contribution in [2.75, 3.05) is 18.6 Å². The molecule has 0 saturated heterocycles. The summed E-state index contributed by atoms with van der Waals surface area (Å²) in [7, 11) is 1.71. The number of nitrogens with two attached hydrogens (primary N) is 1. The van der Waals surface area contributed by atoms with E-state index in [4.69, 9.17) is 10.5 Å². The lowest BCUT2D eigenvalue weighted by Crippen LogP contribution is -1.98. The number of hydrogen-bond donors (Lipinski definition) is 1. The lowest BCUT2D eigenvalue weighted by Gasteiger charge is -2.11. The largest absolute Gasteiger partial charge is 0.496 e. The lowest BCUT2D eigenvalue weighted by atomic mass is 10.1. The first-order valence-electron chi connectivity index (χ1n) is 6.29. The Labute approximate surface area is 108 Å². The summed E-state index contributed by atoms with van der Waals surface area (Å²) in [6.07, 6.45) is 5.70. The van der Waals surface area contributed by atoms with Crippen molar-refractivity contribution in [3.8, 4) is 5.75 Å². The predicted octanol–water partition coefficient (Wildman–Crippen LogP) is 3.70. The van der Waals surface area contributed by atoms with Crippen molar-refractivity contribution in [3.63, 3.8) is 0 Å². The van der Waals surface area contributed by atoms with E-state index in [0.717, 1.165) is 23.1 Å². The second-order valence-electron chi connectivity index (χ2n) is 4.74. The molecule has 94 valence electrons. The number of anilines is 1. The highest BCUT2D eigenvalue weighted by Crippen LogP contribution is 2.31. The molecule has 3 heteroatoms. The number of thioether (sulfide) groups is 1. The summed E-state index contributed by atoms with van der Waals surface area (Å²) in [6, 6.07) is 5.94. The quantitative estimate of drug-likeness (QED) is 0.810. The van der Waals surface area contributed by atoms with Crippen LogP contribution in [0.3, 0.4) is 0 Å². The molecule has 0 bridgehead atoms. The molecule has 0 heterocycles. The van der Waals surface area contributed by atoms with Gasteiger partial charge in [-0.2, -0.15) is 11.8 Å². The van der Waals surface area contributed by atoms with Crippen LogP contribution in [-0.2, 0) is 5.75 Å². The molecule has 0 atom stereocenters. The summed E-state index contributed by atoms with van der Waals surface area (Å²) in [6.45, 7) is 0. The summed E-state index contributed by atoms with van der Waals surface area (Å²) in [5.41, 5.74) is 7.77. The zero-order valence-corrected chi connectivity index (χ0v) is 11.3. The molecule has 1 aliphatic rings. The van der Waals surface area contributed by atoms with Crippen LogP contribution in [0.25, 0.3) is 0 Å². The molecule has 0 unspecified atom stereocenters. The van der Waals surface area contributed by atoms with Gasteiger partial charge in [-0.1, -0.05) is 18.9 Å². The van der Waals surface area contributed by atoms with Gasteiger partial charge in [0.1, 0.15) is 5.75 Å². The van der Waals surface area contributed by atoms with Crippen molar-refractivity contribution in [2.45, 2.75) is 31.4 Å². The van der Waals surface area contributed by atoms with Gasteiger partial charge in [0.2, 0.25) is 0 Å². The standard InChI is InChI=1S/C14H21NOS/c1-16-14-8-13(15)7-6-12(14)10-17-9-11-4-2-3-5-11/h6-8,11H,2-5,9-10,15H2,1H3. The Morgan fingerprint density at radius 3 is 2.82 bits per heavy atom. The van der Waals surface area contributed by atoms with Gasteiger partial charge in [-0.15, -0.1) is 0 Å². The topological polar surface area (TPSA) is 35.2 Å². The van der Waals surface area contributed by atoms with Crippen molar-refractivity contribution < 1.29 is 4.74 Å². The molecule has 2 N–H and O–H groups in total. The van der Waals surface area contributed by atoms with Gasteiger partial charge in [-0.3, -0.25) is 0 Å². The number of ether oxygens (including phenoxy) is 1. The zero-order chi connectivity index (χ0) is 12.1. The van der Waals surface area contributed by atoms with E-state index < -0.39 is 0 Å². The van der Waals surface area contributed by atoms with Crippen molar-refractivity contribution in [1.29, 1.82) is 0 Å². The van der Waals surface area contributed by atoms with Gasteiger partial charge in [0.05, 0.1) is 7.11 Å². The fraction of sp³-hybridized carbons (Fsp3) is 0.571. The van der Waals surface area contributed by atoms with E-state index in [9.17, 15) is 0 Å². The average molecular weight is 251 g/mol. The number of hydrogen-bond acceptors (Lipinski definition) is 3. The van der Waals surface area contributed by atoms with Gasteiger partial charge in [-0.05, 0) is 30.6 Å². The van der Waals surface area contributed by atoms with E-state index in [1.807, 2.05) is 23.9 Å². The Hall–Kier alpha value is -0.830. The second-order valence-corrected chi connectivity index (χ2v) is 5.77. The van der Waals surface area contributed by atoms with Crippen LogP contribution in [0, 0.1) is 5.92 Å². The first-order chi connectivity index (χ1) is 8.29. The van der Waals surface area contributed by atoms with Crippen LogP contribution >= 0.6 is 11.8 Å². The van der Waals surface area contributed by atoms with Crippen molar-refractivity contribution in [2.24, 2.45) is 5.92 Å². The van der Waals surface area contributed by atoms with Gasteiger partial charge in [0.25, 0.3) is 0 Å². The molecule has 1 fully saturated rings. The van der Waals surface area contributed by atoms with Crippen molar-refractivity contribution in [1.82, 2.24) is 0 Å². The molecular weight excluding hydrogens is 230 g/mol. The van der Waals surface area contributed by atoms with E-state index in [2.05, 4.69) is 6.07 Å². The molecule has 0 radical (unpaired) electrons. The highest BCUT2D eigenvalue weighted by molar-refractivity contribution is 7.98. The van der Waals surface area contributed by atoms with Crippen LogP contribution in [0.4, 0.5) is 5.69 Å². The maximum absolute atomic E-state index is 5.74. The van der Waals surface area contributed by atoms with E-state index >= 15 is 0 Å². The third-order valence-corrected chi connectivity index (χ3v) is 4.62. The fourth-order valence-corrected chi connectivity index (χ4v) is 3.64. The molecule has 1 saturated carbocycles. The lowest BCUT2D eigenvalue weighted by molar-refractivity contribution is 0.411. The summed E-state index contributed by atoms with van der Waals surface area (Å²) >= 11 is 2.02. The highest BCUT2D eigenvalue weighted by Gasteiger charge is 2.15. The van der Waals surface area contributed by atoms with Gasteiger partial charge in [0.15, 0.2) is 0 Å². The SMILES string of the molecule is COc1cc(N)ccc1CSCC1CCCC1. The normalized spacial score (nSPS) is 16.3. The predicted molar refractivity (Wildman–Crippen MR) is 75.5 cm³/mol. The first kappa shape index (κ1) is 12.6. The van der Waals surface area contributed by atoms with E-state index in [1.54, 1.807) is 7.11 Å². The van der Waals surface area contributed by atoms with Crippen LogP contribution in [-0.4, -0.2) is 12.9 Å². The molecular formula is C14H21NOS. The number of methoxy groups -OCH3 is 1. The highest BCUT2D eigenvalue weighted by atomic mass is 32.2. The Kier molecular flexibility index (Phi) is 4.60. The molecule has 1 aromatic carbocycles. The molecule has 1 aliphatic carbocycles. The van der Waals surface area contributed by atoms with Crippen LogP contribution in [0.5, 0.6) is 5.75 Å². The van der Waals surface area contributed by atoms with Gasteiger partial charge < -0.3 is 10.5 Å². The average Bonchev–Trinajstić information content (AvgIpc) is 2.84. The van der Waals surface area contributed by atoms with E-state index in [-0.39, 0.29) is 0 Å². The Balaban J connectivity index is 1.85. The molecule has 2 rings (SSSR count). The summed E-state index contributed by atoms with van der Waals surface area (Å²) in [5.74, 6) is 4.18. The summed E-state index contributed by atoms with van der Waals surface area (Å²) < 4.78 is 5.36. The zero-order valence-electron chi connectivity index (χ0n) is 10.4. The van der Waals surface area contributed by atoms with Gasteiger partial charge >= 0.3 is 0 Å². The third-order valence-electron chi connectivity index (χ3n) is 3.40. The van der Waals surface area contributed by atoms with Crippen molar-refractivity contribution >= 4 is 17.4 Å². The number of benzene rings is 1. The minimum atomic E-state index is 0.770.